The molecular formula is C22H36Cl2O2. The number of carbonyl (C=O) groups excluding carboxylic acids is 2. The van der Waals surface area contributed by atoms with Crippen molar-refractivity contribution in [1.29, 1.82) is 0 Å². The first-order chi connectivity index (χ1) is 12.5. The van der Waals surface area contributed by atoms with E-state index >= 15 is 0 Å². The van der Waals surface area contributed by atoms with Gasteiger partial charge >= 0.3 is 0 Å². The largest absolute Gasteiger partial charge is 0.299 e. The number of ketones is 2. The minimum atomic E-state index is 0.192. The maximum absolute atomic E-state index is 12.6. The van der Waals surface area contributed by atoms with Crippen LogP contribution in [0.2, 0.25) is 0 Å². The molecule has 150 valence electrons. The van der Waals surface area contributed by atoms with Crippen LogP contribution in [-0.2, 0) is 9.59 Å². The lowest BCUT2D eigenvalue weighted by atomic mass is 9.66. The van der Waals surface area contributed by atoms with Gasteiger partial charge in [-0.3, -0.25) is 9.59 Å². The predicted molar refractivity (Wildman–Crippen MR) is 110 cm³/mol. The van der Waals surface area contributed by atoms with Crippen LogP contribution in [0.3, 0.4) is 0 Å². The molecule has 2 saturated carbocycles. The fourth-order valence-electron chi connectivity index (χ4n) is 5.35. The Morgan fingerprint density at radius 2 is 1.12 bits per heavy atom. The Balaban J connectivity index is 1.97. The van der Waals surface area contributed by atoms with Crippen molar-refractivity contribution in [3.63, 3.8) is 0 Å². The molecule has 2 aliphatic rings. The Kier molecular flexibility index (Phi) is 9.44. The van der Waals surface area contributed by atoms with E-state index in [9.17, 15) is 9.59 Å². The van der Waals surface area contributed by atoms with Crippen molar-refractivity contribution < 1.29 is 9.59 Å². The summed E-state index contributed by atoms with van der Waals surface area (Å²) in [7, 11) is 0. The Morgan fingerprint density at radius 1 is 0.731 bits per heavy atom. The summed E-state index contributed by atoms with van der Waals surface area (Å²) in [5.41, 5.74) is 0. The second-order valence-electron chi connectivity index (χ2n) is 8.96. The molecule has 0 radical (unpaired) electrons. The third kappa shape index (κ3) is 6.23. The first kappa shape index (κ1) is 22.2. The van der Waals surface area contributed by atoms with Crippen molar-refractivity contribution in [2.75, 3.05) is 11.8 Å². The summed E-state index contributed by atoms with van der Waals surface area (Å²) in [5, 5.41) is 0. The molecule has 26 heavy (non-hydrogen) atoms. The first-order valence-electron chi connectivity index (χ1n) is 10.6. The summed E-state index contributed by atoms with van der Waals surface area (Å²) in [6.45, 7) is 4.53. The average molecular weight is 403 g/mol. The van der Waals surface area contributed by atoms with Crippen LogP contribution >= 0.6 is 23.2 Å². The smallest absolute Gasteiger partial charge is 0.137 e. The zero-order chi connectivity index (χ0) is 19.1. The van der Waals surface area contributed by atoms with Gasteiger partial charge in [0.15, 0.2) is 0 Å². The minimum absolute atomic E-state index is 0.192. The van der Waals surface area contributed by atoms with E-state index in [1.807, 2.05) is 0 Å². The van der Waals surface area contributed by atoms with Crippen molar-refractivity contribution >= 4 is 34.8 Å². The van der Waals surface area contributed by atoms with Crippen LogP contribution in [0.4, 0.5) is 0 Å². The molecule has 2 fully saturated rings. The molecule has 4 heteroatoms. The van der Waals surface area contributed by atoms with E-state index < -0.39 is 0 Å². The lowest BCUT2D eigenvalue weighted by Gasteiger charge is -2.38. The lowest BCUT2D eigenvalue weighted by Crippen LogP contribution is -2.33. The first-order valence-corrected chi connectivity index (χ1v) is 11.7. The molecule has 6 unspecified atom stereocenters. The Morgan fingerprint density at radius 3 is 1.46 bits per heavy atom. The number of Topliss-reactive ketones (excluding diaryl/α,β-unsaturated/α-hetero) is 2. The van der Waals surface area contributed by atoms with Gasteiger partial charge in [-0.2, -0.15) is 0 Å². The summed E-state index contributed by atoms with van der Waals surface area (Å²) in [6.07, 6.45) is 10.0. The summed E-state index contributed by atoms with van der Waals surface area (Å²) >= 11 is 11.7. The lowest BCUT2D eigenvalue weighted by molar-refractivity contribution is -0.127. The van der Waals surface area contributed by atoms with Crippen molar-refractivity contribution in [3.05, 3.63) is 0 Å². The van der Waals surface area contributed by atoms with Crippen molar-refractivity contribution in [2.24, 2.45) is 35.5 Å². The highest BCUT2D eigenvalue weighted by atomic mass is 35.5. The van der Waals surface area contributed by atoms with E-state index in [2.05, 4.69) is 13.8 Å². The zero-order valence-corrected chi connectivity index (χ0v) is 18.0. The van der Waals surface area contributed by atoms with Gasteiger partial charge in [-0.15, -0.1) is 23.2 Å². The molecule has 0 aromatic rings. The standard InChI is InChI=1S/C22H36Cl2O2/c1-15-3-5-17(19(13-15)21(25)9-11-23)7-8-18-6-4-16(2)14-20(18)22(26)10-12-24/h15-20H,3-14H2,1-2H3. The second-order valence-corrected chi connectivity index (χ2v) is 9.71. The van der Waals surface area contributed by atoms with Crippen LogP contribution in [0, 0.1) is 35.5 Å². The third-order valence-electron chi connectivity index (χ3n) is 6.93. The molecule has 0 spiro atoms. The zero-order valence-electron chi connectivity index (χ0n) is 16.5. The van der Waals surface area contributed by atoms with Crippen LogP contribution in [0.5, 0.6) is 0 Å². The van der Waals surface area contributed by atoms with Crippen molar-refractivity contribution in [1.82, 2.24) is 0 Å². The predicted octanol–water partition coefficient (Wildman–Crippen LogP) is 6.27. The molecule has 6 atom stereocenters. The highest BCUT2D eigenvalue weighted by molar-refractivity contribution is 6.19. The average Bonchev–Trinajstić information content (AvgIpc) is 2.61. The van der Waals surface area contributed by atoms with Gasteiger partial charge < -0.3 is 0 Å². The molecule has 0 saturated heterocycles. The summed E-state index contributed by atoms with van der Waals surface area (Å²) in [4.78, 5) is 25.1. The minimum Gasteiger partial charge on any atom is -0.299 e. The maximum atomic E-state index is 12.6. The van der Waals surface area contributed by atoms with Crippen LogP contribution in [-0.4, -0.2) is 23.3 Å². The van der Waals surface area contributed by atoms with E-state index in [-0.39, 0.29) is 11.8 Å². The van der Waals surface area contributed by atoms with Crippen LogP contribution in [0.1, 0.15) is 78.1 Å². The van der Waals surface area contributed by atoms with Gasteiger partial charge in [0, 0.05) is 36.4 Å². The summed E-state index contributed by atoms with van der Waals surface area (Å²) in [6, 6.07) is 0. The summed E-state index contributed by atoms with van der Waals surface area (Å²) < 4.78 is 0. The Hall–Kier alpha value is -0.0800. The molecule has 0 N–H and O–H groups in total. The van der Waals surface area contributed by atoms with Crippen LogP contribution < -0.4 is 0 Å². The molecule has 2 rings (SSSR count). The monoisotopic (exact) mass is 402 g/mol. The maximum Gasteiger partial charge on any atom is 0.137 e. The van der Waals surface area contributed by atoms with Crippen LogP contribution in [0.15, 0.2) is 0 Å². The van der Waals surface area contributed by atoms with Gasteiger partial charge in [-0.05, 0) is 62.2 Å². The van der Waals surface area contributed by atoms with Gasteiger partial charge in [0.1, 0.15) is 11.6 Å². The van der Waals surface area contributed by atoms with E-state index in [1.54, 1.807) is 0 Å². The number of alkyl halides is 2. The Labute approximate surface area is 169 Å². The number of rotatable bonds is 9. The molecule has 0 aromatic heterocycles. The van der Waals surface area contributed by atoms with Gasteiger partial charge in [0.25, 0.3) is 0 Å². The number of halogens is 2. The van der Waals surface area contributed by atoms with E-state index in [0.717, 1.165) is 38.5 Å². The van der Waals surface area contributed by atoms with E-state index in [1.165, 1.54) is 12.8 Å². The van der Waals surface area contributed by atoms with Crippen LogP contribution in [0.25, 0.3) is 0 Å². The SMILES string of the molecule is CC1CCC(CCC2CCC(C)CC2C(=O)CCCl)C(C(=O)CCCl)C1. The fourth-order valence-corrected chi connectivity index (χ4v) is 5.72. The van der Waals surface area contributed by atoms with E-state index in [0.29, 0.717) is 59.8 Å². The normalized spacial score (nSPS) is 35.2. The van der Waals surface area contributed by atoms with Gasteiger partial charge in [-0.1, -0.05) is 26.7 Å². The van der Waals surface area contributed by atoms with Gasteiger partial charge in [0.2, 0.25) is 0 Å². The third-order valence-corrected chi connectivity index (χ3v) is 7.31. The summed E-state index contributed by atoms with van der Waals surface area (Å²) in [5.74, 6) is 4.25. The fraction of sp³-hybridized carbons (Fsp3) is 0.909. The highest BCUT2D eigenvalue weighted by Gasteiger charge is 2.36. The molecule has 2 nitrogen and oxygen atoms in total. The highest BCUT2D eigenvalue weighted by Crippen LogP contribution is 2.42. The van der Waals surface area contributed by atoms with Gasteiger partial charge in [0.05, 0.1) is 0 Å². The number of carbonyl (C=O) groups is 2. The Bertz CT molecular complexity index is 423. The molecule has 0 aromatic carbocycles. The molecule has 0 heterocycles. The van der Waals surface area contributed by atoms with Gasteiger partial charge in [-0.25, -0.2) is 0 Å². The number of hydrogen-bond acceptors (Lipinski definition) is 2. The molecule has 2 aliphatic carbocycles. The van der Waals surface area contributed by atoms with Crippen molar-refractivity contribution in [2.45, 2.75) is 78.1 Å². The second kappa shape index (κ2) is 11.1. The molecule has 0 bridgehead atoms. The number of hydrogen-bond donors (Lipinski definition) is 0. The molecular weight excluding hydrogens is 367 g/mol. The molecule has 0 aliphatic heterocycles. The molecule has 0 amide bonds. The van der Waals surface area contributed by atoms with E-state index in [4.69, 9.17) is 23.2 Å². The quantitative estimate of drug-likeness (QED) is 0.425. The van der Waals surface area contributed by atoms with Crippen molar-refractivity contribution in [3.8, 4) is 0 Å². The topological polar surface area (TPSA) is 34.1 Å².